The molecule has 0 radical (unpaired) electrons. The van der Waals surface area contributed by atoms with Crippen LogP contribution in [0.3, 0.4) is 0 Å². The van der Waals surface area contributed by atoms with E-state index >= 15 is 0 Å². The minimum Gasteiger partial charge on any atom is -0.493 e. The van der Waals surface area contributed by atoms with Crippen molar-refractivity contribution in [1.29, 1.82) is 0 Å². The molecule has 1 atom stereocenters. The number of benzene rings is 1. The third-order valence-corrected chi connectivity index (χ3v) is 6.14. The summed E-state index contributed by atoms with van der Waals surface area (Å²) in [4.78, 5) is 15.3. The molecule has 8 nitrogen and oxygen atoms in total. The maximum absolute atomic E-state index is 13.0. The number of ether oxygens (including phenoxy) is 3. The van der Waals surface area contributed by atoms with Gasteiger partial charge in [-0.05, 0) is 38.4 Å². The Labute approximate surface area is 183 Å². The molecule has 4 rings (SSSR count). The number of fused-ring (bicyclic) bond motifs is 1. The van der Waals surface area contributed by atoms with Crippen LogP contribution in [0.2, 0.25) is 0 Å². The van der Waals surface area contributed by atoms with Crippen LogP contribution >= 0.6 is 0 Å². The number of likely N-dealkylation sites (tertiary alicyclic amines) is 1. The number of nitrogens with one attached hydrogen (secondary N) is 1. The zero-order valence-corrected chi connectivity index (χ0v) is 18.6. The summed E-state index contributed by atoms with van der Waals surface area (Å²) < 4.78 is 18.6. The molecule has 2 aliphatic rings. The van der Waals surface area contributed by atoms with Crippen molar-refractivity contribution in [3.8, 4) is 11.5 Å². The largest absolute Gasteiger partial charge is 0.493 e. The first kappa shape index (κ1) is 21.6. The van der Waals surface area contributed by atoms with Crippen LogP contribution < -0.4 is 14.8 Å². The Hall–Kier alpha value is -2.58. The summed E-state index contributed by atoms with van der Waals surface area (Å²) in [5, 5.41) is 8.05. The van der Waals surface area contributed by atoms with Gasteiger partial charge in [0.1, 0.15) is 0 Å². The fourth-order valence-electron chi connectivity index (χ4n) is 4.62. The molecule has 3 heterocycles. The summed E-state index contributed by atoms with van der Waals surface area (Å²) in [5.74, 6) is 0.884. The van der Waals surface area contributed by atoms with Crippen molar-refractivity contribution in [3.05, 3.63) is 40.7 Å². The quantitative estimate of drug-likeness (QED) is 0.730. The van der Waals surface area contributed by atoms with Crippen molar-refractivity contribution >= 4 is 5.91 Å². The molecule has 1 aromatic heterocycles. The Kier molecular flexibility index (Phi) is 6.77. The molecular formula is C23H32N4O4. The lowest BCUT2D eigenvalue weighted by atomic mass is 10.0. The van der Waals surface area contributed by atoms with E-state index in [1.807, 2.05) is 0 Å². The van der Waals surface area contributed by atoms with Crippen molar-refractivity contribution in [1.82, 2.24) is 20.0 Å². The molecule has 0 saturated carbocycles. The van der Waals surface area contributed by atoms with Crippen LogP contribution in [0.15, 0.2) is 18.2 Å². The van der Waals surface area contributed by atoms with E-state index in [0.29, 0.717) is 23.7 Å². The van der Waals surface area contributed by atoms with Crippen LogP contribution in [-0.4, -0.2) is 60.5 Å². The van der Waals surface area contributed by atoms with E-state index in [1.54, 1.807) is 32.4 Å². The van der Waals surface area contributed by atoms with Gasteiger partial charge in [0, 0.05) is 43.4 Å². The first-order valence-corrected chi connectivity index (χ1v) is 11.0. The molecule has 31 heavy (non-hydrogen) atoms. The number of methoxy groups -OCH3 is 2. The predicted molar refractivity (Wildman–Crippen MR) is 117 cm³/mol. The molecule has 2 aliphatic heterocycles. The number of carbonyl (C=O) groups is 1. The second-order valence-electron chi connectivity index (χ2n) is 8.08. The zero-order chi connectivity index (χ0) is 21.8. The van der Waals surface area contributed by atoms with Crippen LogP contribution in [0.25, 0.3) is 0 Å². The van der Waals surface area contributed by atoms with Crippen LogP contribution in [0, 0.1) is 0 Å². The van der Waals surface area contributed by atoms with Crippen LogP contribution in [-0.2, 0) is 30.9 Å². The van der Waals surface area contributed by atoms with Gasteiger partial charge in [0.15, 0.2) is 11.5 Å². The standard InChI is InChI=1S/C23H32N4O4/c1-4-27-20-10-12-31-15-18(20)19(25-27)14-26-11-6-7-16(13-26)24-23(28)17-8-5-9-21(29-2)22(17)30-3/h5,8-9,16H,4,6-7,10-15H2,1-3H3,(H,24,28). The summed E-state index contributed by atoms with van der Waals surface area (Å²) in [5.41, 5.74) is 4.17. The minimum absolute atomic E-state index is 0.0810. The number of para-hydroxylation sites is 1. The van der Waals surface area contributed by atoms with Gasteiger partial charge < -0.3 is 19.5 Å². The Morgan fingerprint density at radius 2 is 2.19 bits per heavy atom. The number of amides is 1. The smallest absolute Gasteiger partial charge is 0.255 e. The number of hydrogen-bond donors (Lipinski definition) is 1. The molecule has 1 amide bonds. The number of nitrogens with zero attached hydrogens (tertiary/aromatic N) is 3. The van der Waals surface area contributed by atoms with Gasteiger partial charge in [0.2, 0.25) is 0 Å². The highest BCUT2D eigenvalue weighted by atomic mass is 16.5. The van der Waals surface area contributed by atoms with Crippen LogP contribution in [0.5, 0.6) is 11.5 Å². The third kappa shape index (κ3) is 4.55. The highest BCUT2D eigenvalue weighted by molar-refractivity contribution is 5.98. The van der Waals surface area contributed by atoms with E-state index in [9.17, 15) is 4.79 Å². The van der Waals surface area contributed by atoms with Crippen LogP contribution in [0.4, 0.5) is 0 Å². The highest BCUT2D eigenvalue weighted by Gasteiger charge is 2.27. The van der Waals surface area contributed by atoms with Gasteiger partial charge in [-0.2, -0.15) is 5.10 Å². The molecule has 1 N–H and O–H groups in total. The second-order valence-corrected chi connectivity index (χ2v) is 8.08. The topological polar surface area (TPSA) is 77.9 Å². The van der Waals surface area contributed by atoms with Gasteiger partial charge in [-0.1, -0.05) is 6.07 Å². The van der Waals surface area contributed by atoms with Gasteiger partial charge in [0.25, 0.3) is 5.91 Å². The van der Waals surface area contributed by atoms with E-state index in [2.05, 4.69) is 21.8 Å². The van der Waals surface area contributed by atoms with E-state index in [1.165, 1.54) is 11.3 Å². The van der Waals surface area contributed by atoms with Gasteiger partial charge in [-0.15, -0.1) is 0 Å². The summed E-state index contributed by atoms with van der Waals surface area (Å²) in [7, 11) is 3.12. The Bertz CT molecular complexity index is 927. The maximum Gasteiger partial charge on any atom is 0.255 e. The third-order valence-electron chi connectivity index (χ3n) is 6.14. The van der Waals surface area contributed by atoms with Gasteiger partial charge in [-0.3, -0.25) is 14.4 Å². The van der Waals surface area contributed by atoms with Crippen molar-refractivity contribution < 1.29 is 19.0 Å². The summed E-state index contributed by atoms with van der Waals surface area (Å²) in [6, 6.07) is 5.44. The minimum atomic E-state index is -0.136. The predicted octanol–water partition coefficient (Wildman–Crippen LogP) is 2.39. The number of rotatable bonds is 7. The average Bonchev–Trinajstić information content (AvgIpc) is 3.16. The number of carbonyl (C=O) groups excluding carboxylic acids is 1. The van der Waals surface area contributed by atoms with Crippen molar-refractivity contribution in [2.24, 2.45) is 0 Å². The highest BCUT2D eigenvalue weighted by Crippen LogP contribution is 2.31. The fraction of sp³-hybridized carbons (Fsp3) is 0.565. The molecule has 0 spiro atoms. The fourth-order valence-corrected chi connectivity index (χ4v) is 4.62. The van der Waals surface area contributed by atoms with Crippen molar-refractivity contribution in [2.75, 3.05) is 33.9 Å². The van der Waals surface area contributed by atoms with E-state index in [4.69, 9.17) is 19.3 Å². The Morgan fingerprint density at radius 1 is 1.32 bits per heavy atom. The molecule has 8 heteroatoms. The van der Waals surface area contributed by atoms with Gasteiger partial charge in [0.05, 0.1) is 38.7 Å². The molecule has 0 aliphatic carbocycles. The molecule has 1 unspecified atom stereocenters. The summed E-state index contributed by atoms with van der Waals surface area (Å²) >= 11 is 0. The lowest BCUT2D eigenvalue weighted by Crippen LogP contribution is -2.47. The SMILES string of the molecule is CCn1nc(CN2CCCC(NC(=O)c3cccc(OC)c3OC)C2)c2c1CCOC2. The molecule has 1 saturated heterocycles. The molecule has 1 fully saturated rings. The Balaban J connectivity index is 1.43. The van der Waals surface area contributed by atoms with Gasteiger partial charge in [-0.25, -0.2) is 0 Å². The monoisotopic (exact) mass is 428 g/mol. The lowest BCUT2D eigenvalue weighted by molar-refractivity contribution is 0.0894. The molecule has 0 bridgehead atoms. The summed E-state index contributed by atoms with van der Waals surface area (Å²) in [6.07, 6.45) is 2.92. The summed E-state index contributed by atoms with van der Waals surface area (Å²) in [6.45, 7) is 7.01. The second kappa shape index (κ2) is 9.70. The first-order chi connectivity index (χ1) is 15.1. The number of hydrogen-bond acceptors (Lipinski definition) is 6. The number of aromatic nitrogens is 2. The Morgan fingerprint density at radius 3 is 2.97 bits per heavy atom. The van der Waals surface area contributed by atoms with Crippen molar-refractivity contribution in [2.45, 2.75) is 51.9 Å². The van der Waals surface area contributed by atoms with Gasteiger partial charge >= 0.3 is 0 Å². The molecular weight excluding hydrogens is 396 g/mol. The average molecular weight is 429 g/mol. The van der Waals surface area contributed by atoms with E-state index < -0.39 is 0 Å². The van der Waals surface area contributed by atoms with Crippen molar-refractivity contribution in [3.63, 3.8) is 0 Å². The molecule has 2 aromatic rings. The van der Waals surface area contributed by atoms with E-state index in [0.717, 1.165) is 57.7 Å². The van der Waals surface area contributed by atoms with Crippen LogP contribution in [0.1, 0.15) is 47.1 Å². The number of aryl methyl sites for hydroxylation is 1. The normalized spacial score (nSPS) is 19.0. The molecule has 1 aromatic carbocycles. The first-order valence-electron chi connectivity index (χ1n) is 11.0. The lowest BCUT2D eigenvalue weighted by Gasteiger charge is -2.33. The number of piperidine rings is 1. The van der Waals surface area contributed by atoms with E-state index in [-0.39, 0.29) is 11.9 Å². The maximum atomic E-state index is 13.0. The molecule has 168 valence electrons. The zero-order valence-electron chi connectivity index (χ0n) is 18.6.